The van der Waals surface area contributed by atoms with Gasteiger partial charge < -0.3 is 5.11 Å². The van der Waals surface area contributed by atoms with Gasteiger partial charge in [0, 0.05) is 18.8 Å². The molecule has 2 aromatic rings. The van der Waals surface area contributed by atoms with Crippen molar-refractivity contribution < 1.29 is 5.11 Å². The lowest BCUT2D eigenvalue weighted by Crippen LogP contribution is -2.29. The Balaban J connectivity index is 2.01. The summed E-state index contributed by atoms with van der Waals surface area (Å²) in [5.74, 6) is 0. The summed E-state index contributed by atoms with van der Waals surface area (Å²) >= 11 is 6.20. The maximum absolute atomic E-state index is 11.2. The SMILES string of the molecule is OC1(Cc2ccncc2Cl)CCCCc2ccccc21. The topological polar surface area (TPSA) is 33.1 Å². The zero-order valence-electron chi connectivity index (χ0n) is 11.3. The molecule has 0 amide bonds. The third-order valence-electron chi connectivity index (χ3n) is 4.14. The highest BCUT2D eigenvalue weighted by molar-refractivity contribution is 6.31. The fraction of sp³-hybridized carbons (Fsp3) is 0.353. The molecule has 1 aromatic heterocycles. The molecule has 0 saturated heterocycles. The van der Waals surface area contributed by atoms with Gasteiger partial charge in [0.05, 0.1) is 10.6 Å². The van der Waals surface area contributed by atoms with E-state index in [4.69, 9.17) is 11.6 Å². The third kappa shape index (κ3) is 2.58. The van der Waals surface area contributed by atoms with Crippen LogP contribution in [0.3, 0.4) is 0 Å². The van der Waals surface area contributed by atoms with Crippen LogP contribution in [0.5, 0.6) is 0 Å². The fourth-order valence-corrected chi connectivity index (χ4v) is 3.29. The number of aromatic nitrogens is 1. The molecule has 1 aliphatic carbocycles. The number of pyridine rings is 1. The Hall–Kier alpha value is -1.38. The van der Waals surface area contributed by atoms with Crippen LogP contribution in [-0.4, -0.2) is 10.1 Å². The molecular formula is C17H18ClNO. The summed E-state index contributed by atoms with van der Waals surface area (Å²) in [6, 6.07) is 10.1. The minimum absolute atomic E-state index is 0.547. The minimum atomic E-state index is -0.821. The number of nitrogens with zero attached hydrogens (tertiary/aromatic N) is 1. The van der Waals surface area contributed by atoms with E-state index in [0.29, 0.717) is 11.4 Å². The quantitative estimate of drug-likeness (QED) is 0.850. The van der Waals surface area contributed by atoms with E-state index in [-0.39, 0.29) is 0 Å². The third-order valence-corrected chi connectivity index (χ3v) is 4.48. The van der Waals surface area contributed by atoms with E-state index in [1.54, 1.807) is 12.4 Å². The van der Waals surface area contributed by atoms with Gasteiger partial charge in [0.25, 0.3) is 0 Å². The van der Waals surface area contributed by atoms with E-state index in [1.165, 1.54) is 5.56 Å². The van der Waals surface area contributed by atoms with Crippen LogP contribution in [0.15, 0.2) is 42.7 Å². The van der Waals surface area contributed by atoms with Crippen LogP contribution in [0.1, 0.15) is 36.0 Å². The van der Waals surface area contributed by atoms with Crippen LogP contribution in [0, 0.1) is 0 Å². The average Bonchev–Trinajstić information content (AvgIpc) is 2.62. The van der Waals surface area contributed by atoms with Gasteiger partial charge in [0.1, 0.15) is 0 Å². The minimum Gasteiger partial charge on any atom is -0.385 e. The lowest BCUT2D eigenvalue weighted by molar-refractivity contribution is 0.0272. The number of benzene rings is 1. The smallest absolute Gasteiger partial charge is 0.0939 e. The van der Waals surface area contributed by atoms with Crippen molar-refractivity contribution in [1.29, 1.82) is 0 Å². The highest BCUT2D eigenvalue weighted by atomic mass is 35.5. The van der Waals surface area contributed by atoms with Gasteiger partial charge in [-0.15, -0.1) is 0 Å². The second-order valence-electron chi connectivity index (χ2n) is 5.54. The second-order valence-corrected chi connectivity index (χ2v) is 5.95. The average molecular weight is 288 g/mol. The summed E-state index contributed by atoms with van der Waals surface area (Å²) < 4.78 is 0. The highest BCUT2D eigenvalue weighted by Crippen LogP contribution is 2.37. The van der Waals surface area contributed by atoms with Gasteiger partial charge in [-0.2, -0.15) is 0 Å². The molecule has 1 unspecified atom stereocenters. The molecule has 20 heavy (non-hydrogen) atoms. The Labute approximate surface area is 124 Å². The number of hydrogen-bond donors (Lipinski definition) is 1. The lowest BCUT2D eigenvalue weighted by Gasteiger charge is -2.29. The largest absolute Gasteiger partial charge is 0.385 e. The Bertz CT molecular complexity index is 613. The first-order valence-electron chi connectivity index (χ1n) is 7.08. The van der Waals surface area contributed by atoms with E-state index >= 15 is 0 Å². The summed E-state index contributed by atoms with van der Waals surface area (Å²) in [6.45, 7) is 0. The summed E-state index contributed by atoms with van der Waals surface area (Å²) in [5.41, 5.74) is 2.46. The number of rotatable bonds is 2. The maximum atomic E-state index is 11.2. The molecule has 1 N–H and O–H groups in total. The molecule has 0 saturated carbocycles. The van der Waals surface area contributed by atoms with E-state index in [2.05, 4.69) is 17.1 Å². The molecule has 0 fully saturated rings. The van der Waals surface area contributed by atoms with Crippen molar-refractivity contribution in [2.45, 2.75) is 37.7 Å². The molecule has 1 atom stereocenters. The highest BCUT2D eigenvalue weighted by Gasteiger charge is 2.33. The van der Waals surface area contributed by atoms with Gasteiger partial charge in [0.15, 0.2) is 0 Å². The molecule has 3 rings (SSSR count). The van der Waals surface area contributed by atoms with Gasteiger partial charge in [0.2, 0.25) is 0 Å². The van der Waals surface area contributed by atoms with Crippen molar-refractivity contribution in [3.63, 3.8) is 0 Å². The number of fused-ring (bicyclic) bond motifs is 1. The summed E-state index contributed by atoms with van der Waals surface area (Å²) in [5, 5.41) is 11.8. The predicted molar refractivity (Wildman–Crippen MR) is 80.8 cm³/mol. The van der Waals surface area contributed by atoms with Crippen LogP contribution in [0.2, 0.25) is 5.02 Å². The summed E-state index contributed by atoms with van der Waals surface area (Å²) in [6.07, 6.45) is 7.91. The van der Waals surface area contributed by atoms with E-state index in [0.717, 1.165) is 36.8 Å². The van der Waals surface area contributed by atoms with Crippen LogP contribution in [-0.2, 0) is 18.4 Å². The van der Waals surface area contributed by atoms with Gasteiger partial charge in [-0.05, 0) is 48.4 Å². The van der Waals surface area contributed by atoms with E-state index < -0.39 is 5.60 Å². The zero-order valence-corrected chi connectivity index (χ0v) is 12.1. The van der Waals surface area contributed by atoms with Crippen molar-refractivity contribution >= 4 is 11.6 Å². The normalized spacial score (nSPS) is 22.1. The number of hydrogen-bond acceptors (Lipinski definition) is 2. The maximum Gasteiger partial charge on any atom is 0.0939 e. The van der Waals surface area contributed by atoms with E-state index in [1.807, 2.05) is 18.2 Å². The van der Waals surface area contributed by atoms with Crippen LogP contribution >= 0.6 is 11.6 Å². The van der Waals surface area contributed by atoms with Gasteiger partial charge in [-0.1, -0.05) is 35.9 Å². The van der Waals surface area contributed by atoms with Crippen molar-refractivity contribution in [1.82, 2.24) is 4.98 Å². The number of halogens is 1. The monoisotopic (exact) mass is 287 g/mol. The predicted octanol–water partition coefficient (Wildman–Crippen LogP) is 3.89. The standard InChI is InChI=1S/C17H18ClNO/c18-16-12-19-10-8-14(16)11-17(20)9-4-3-6-13-5-1-2-7-15(13)17/h1-2,5,7-8,10,12,20H,3-4,6,9,11H2. The van der Waals surface area contributed by atoms with Crippen LogP contribution in [0.4, 0.5) is 0 Å². The molecule has 1 aromatic carbocycles. The first-order valence-corrected chi connectivity index (χ1v) is 7.46. The molecule has 2 nitrogen and oxygen atoms in total. The molecule has 1 heterocycles. The lowest BCUT2D eigenvalue weighted by atomic mass is 9.83. The van der Waals surface area contributed by atoms with Gasteiger partial charge in [-0.3, -0.25) is 4.98 Å². The number of aliphatic hydroxyl groups is 1. The molecule has 0 bridgehead atoms. The van der Waals surface area contributed by atoms with Gasteiger partial charge in [-0.25, -0.2) is 0 Å². The fourth-order valence-electron chi connectivity index (χ4n) is 3.11. The van der Waals surface area contributed by atoms with Crippen LogP contribution in [0.25, 0.3) is 0 Å². The van der Waals surface area contributed by atoms with Gasteiger partial charge >= 0.3 is 0 Å². The molecule has 104 valence electrons. The Morgan fingerprint density at radius 3 is 2.90 bits per heavy atom. The Kier molecular flexibility index (Phi) is 3.77. The second kappa shape index (κ2) is 5.55. The molecule has 3 heteroatoms. The first-order chi connectivity index (χ1) is 9.69. The molecule has 0 radical (unpaired) electrons. The molecule has 0 aliphatic heterocycles. The van der Waals surface area contributed by atoms with Crippen molar-refractivity contribution in [3.05, 3.63) is 64.4 Å². The Morgan fingerprint density at radius 1 is 1.20 bits per heavy atom. The molecular weight excluding hydrogens is 270 g/mol. The van der Waals surface area contributed by atoms with Crippen molar-refractivity contribution in [3.8, 4) is 0 Å². The van der Waals surface area contributed by atoms with Crippen molar-refractivity contribution in [2.24, 2.45) is 0 Å². The molecule has 0 spiro atoms. The summed E-state index contributed by atoms with van der Waals surface area (Å²) in [4.78, 5) is 4.01. The Morgan fingerprint density at radius 2 is 2.05 bits per heavy atom. The zero-order chi connectivity index (χ0) is 14.0. The van der Waals surface area contributed by atoms with Crippen LogP contribution < -0.4 is 0 Å². The first kappa shape index (κ1) is 13.6. The number of aryl methyl sites for hydroxylation is 1. The summed E-state index contributed by atoms with van der Waals surface area (Å²) in [7, 11) is 0. The van der Waals surface area contributed by atoms with Crippen molar-refractivity contribution in [2.75, 3.05) is 0 Å². The van der Waals surface area contributed by atoms with E-state index in [9.17, 15) is 5.11 Å². The molecule has 1 aliphatic rings.